The van der Waals surface area contributed by atoms with E-state index >= 15 is 0 Å². The van der Waals surface area contributed by atoms with Gasteiger partial charge in [-0.05, 0) is 44.0 Å². The fraction of sp³-hybridized carbons (Fsp3) is 0.467. The third kappa shape index (κ3) is 3.99. The molecular formula is C15H19F3N2O2. The van der Waals surface area contributed by atoms with E-state index < -0.39 is 23.1 Å². The second kappa shape index (κ2) is 6.37. The summed E-state index contributed by atoms with van der Waals surface area (Å²) in [6.45, 7) is 6.73. The van der Waals surface area contributed by atoms with Gasteiger partial charge < -0.3 is 10.5 Å². The average molecular weight is 316 g/mol. The minimum atomic E-state index is -4.42. The van der Waals surface area contributed by atoms with Gasteiger partial charge in [0.2, 0.25) is 5.91 Å². The van der Waals surface area contributed by atoms with Gasteiger partial charge in [0.25, 0.3) is 0 Å². The largest absolute Gasteiger partial charge is 0.416 e. The van der Waals surface area contributed by atoms with Gasteiger partial charge >= 0.3 is 6.18 Å². The predicted molar refractivity (Wildman–Crippen MR) is 77.9 cm³/mol. The molecule has 0 bridgehead atoms. The van der Waals surface area contributed by atoms with E-state index in [9.17, 15) is 18.0 Å². The first-order valence-corrected chi connectivity index (χ1v) is 6.71. The van der Waals surface area contributed by atoms with Crippen molar-refractivity contribution in [3.63, 3.8) is 0 Å². The molecule has 1 aromatic carbocycles. The van der Waals surface area contributed by atoms with Crippen LogP contribution in [0.4, 0.5) is 18.9 Å². The van der Waals surface area contributed by atoms with Crippen LogP contribution in [0.1, 0.15) is 33.3 Å². The van der Waals surface area contributed by atoms with Crippen molar-refractivity contribution in [2.75, 3.05) is 5.32 Å². The summed E-state index contributed by atoms with van der Waals surface area (Å²) in [6, 6.07) is 4.15. The predicted octanol–water partition coefficient (Wildman–Crippen LogP) is 4.16. The van der Waals surface area contributed by atoms with Gasteiger partial charge in [-0.2, -0.15) is 13.2 Å². The van der Waals surface area contributed by atoms with Gasteiger partial charge in [-0.3, -0.25) is 4.79 Å². The van der Waals surface area contributed by atoms with Crippen LogP contribution in [0.2, 0.25) is 0 Å². The quantitative estimate of drug-likeness (QED) is 0.498. The standard InChI is InChI=1S/C15H19F3N2O2/c1-9(2)12(20-22)14(3,4)13(21)19-11-7-5-10(6-8-11)15(16,17)18/h5-9,22H,1-4H3,(H,19,21)/b20-12+. The lowest BCUT2D eigenvalue weighted by atomic mass is 9.80. The molecular weight excluding hydrogens is 297 g/mol. The van der Waals surface area contributed by atoms with Crippen molar-refractivity contribution >= 4 is 17.3 Å². The summed E-state index contributed by atoms with van der Waals surface area (Å²) in [5.41, 5.74) is -1.35. The summed E-state index contributed by atoms with van der Waals surface area (Å²) in [7, 11) is 0. The van der Waals surface area contributed by atoms with Crippen molar-refractivity contribution < 1.29 is 23.2 Å². The number of rotatable bonds is 4. The summed E-state index contributed by atoms with van der Waals surface area (Å²) < 4.78 is 37.4. The molecule has 122 valence electrons. The number of hydrogen-bond acceptors (Lipinski definition) is 3. The molecule has 1 amide bonds. The van der Waals surface area contributed by atoms with Crippen molar-refractivity contribution in [2.45, 2.75) is 33.9 Å². The summed E-state index contributed by atoms with van der Waals surface area (Å²) in [4.78, 5) is 12.3. The number of carbonyl (C=O) groups excluding carboxylic acids is 1. The van der Waals surface area contributed by atoms with Crippen LogP contribution in [0.15, 0.2) is 29.4 Å². The van der Waals surface area contributed by atoms with Crippen LogP contribution in [-0.4, -0.2) is 16.8 Å². The van der Waals surface area contributed by atoms with Crippen LogP contribution in [0, 0.1) is 11.3 Å². The number of nitrogens with one attached hydrogen (secondary N) is 1. The number of amides is 1. The molecule has 0 unspecified atom stereocenters. The zero-order valence-electron chi connectivity index (χ0n) is 12.8. The molecule has 7 heteroatoms. The molecule has 22 heavy (non-hydrogen) atoms. The van der Waals surface area contributed by atoms with Crippen molar-refractivity contribution in [3.05, 3.63) is 29.8 Å². The SMILES string of the molecule is CC(C)/C(=N\O)C(C)(C)C(=O)Nc1ccc(C(F)(F)F)cc1. The Morgan fingerprint density at radius 3 is 2.05 bits per heavy atom. The van der Waals surface area contributed by atoms with Gasteiger partial charge in [-0.15, -0.1) is 0 Å². The molecule has 4 nitrogen and oxygen atoms in total. The highest BCUT2D eigenvalue weighted by Crippen LogP contribution is 2.30. The van der Waals surface area contributed by atoms with Crippen LogP contribution in [-0.2, 0) is 11.0 Å². The van der Waals surface area contributed by atoms with Crippen LogP contribution in [0.5, 0.6) is 0 Å². The first-order chi connectivity index (χ1) is 10.00. The molecule has 0 aliphatic heterocycles. The van der Waals surface area contributed by atoms with E-state index in [2.05, 4.69) is 10.5 Å². The molecule has 1 aromatic rings. The lowest BCUT2D eigenvalue weighted by molar-refractivity contribution is -0.137. The Hall–Kier alpha value is -2.05. The summed E-state index contributed by atoms with van der Waals surface area (Å²) in [6.07, 6.45) is -4.42. The van der Waals surface area contributed by atoms with E-state index in [1.54, 1.807) is 27.7 Å². The molecule has 0 atom stereocenters. The number of oxime groups is 1. The van der Waals surface area contributed by atoms with Crippen LogP contribution < -0.4 is 5.32 Å². The molecule has 0 saturated carbocycles. The summed E-state index contributed by atoms with van der Waals surface area (Å²) >= 11 is 0. The maximum absolute atomic E-state index is 12.5. The minimum Gasteiger partial charge on any atom is -0.411 e. The molecule has 0 aliphatic carbocycles. The number of hydrogen-bond donors (Lipinski definition) is 2. The highest BCUT2D eigenvalue weighted by molar-refractivity contribution is 6.13. The molecule has 0 heterocycles. The highest BCUT2D eigenvalue weighted by atomic mass is 19.4. The highest BCUT2D eigenvalue weighted by Gasteiger charge is 2.36. The van der Waals surface area contributed by atoms with E-state index in [0.29, 0.717) is 0 Å². The van der Waals surface area contributed by atoms with E-state index in [1.165, 1.54) is 12.1 Å². The maximum Gasteiger partial charge on any atom is 0.416 e. The molecule has 0 aromatic heterocycles. The lowest BCUT2D eigenvalue weighted by Gasteiger charge is -2.26. The van der Waals surface area contributed by atoms with Gasteiger partial charge in [-0.1, -0.05) is 19.0 Å². The van der Waals surface area contributed by atoms with Gasteiger partial charge in [0.15, 0.2) is 0 Å². The van der Waals surface area contributed by atoms with Crippen LogP contribution in [0.3, 0.4) is 0 Å². The van der Waals surface area contributed by atoms with Crippen molar-refractivity contribution in [3.8, 4) is 0 Å². The molecule has 0 aliphatic rings. The zero-order chi connectivity index (χ0) is 17.1. The molecule has 0 spiro atoms. The van der Waals surface area contributed by atoms with Crippen molar-refractivity contribution in [1.82, 2.24) is 0 Å². The van der Waals surface area contributed by atoms with Crippen molar-refractivity contribution in [2.24, 2.45) is 16.5 Å². The normalized spacial score (nSPS) is 13.4. The Labute approximate surface area is 127 Å². The zero-order valence-corrected chi connectivity index (χ0v) is 12.8. The smallest absolute Gasteiger partial charge is 0.411 e. The molecule has 0 radical (unpaired) electrons. The first-order valence-electron chi connectivity index (χ1n) is 6.71. The number of carbonyl (C=O) groups is 1. The Balaban J connectivity index is 2.93. The van der Waals surface area contributed by atoms with Gasteiger partial charge in [0.1, 0.15) is 0 Å². The van der Waals surface area contributed by atoms with Gasteiger partial charge in [0, 0.05) is 5.69 Å². The Morgan fingerprint density at radius 2 is 1.68 bits per heavy atom. The number of anilines is 1. The first kappa shape index (κ1) is 18.0. The minimum absolute atomic E-state index is 0.154. The molecule has 1 rings (SSSR count). The van der Waals surface area contributed by atoms with E-state index in [1.807, 2.05) is 0 Å². The molecule has 0 fully saturated rings. The van der Waals surface area contributed by atoms with E-state index in [0.717, 1.165) is 12.1 Å². The Kier molecular flexibility index (Phi) is 5.22. The third-order valence-electron chi connectivity index (χ3n) is 3.33. The van der Waals surface area contributed by atoms with Crippen LogP contribution >= 0.6 is 0 Å². The Morgan fingerprint density at radius 1 is 1.18 bits per heavy atom. The average Bonchev–Trinajstić information content (AvgIpc) is 2.38. The topological polar surface area (TPSA) is 61.7 Å². The fourth-order valence-electron chi connectivity index (χ4n) is 2.11. The van der Waals surface area contributed by atoms with Crippen LogP contribution in [0.25, 0.3) is 0 Å². The lowest BCUT2D eigenvalue weighted by Crippen LogP contribution is -2.40. The number of benzene rings is 1. The van der Waals surface area contributed by atoms with Crippen molar-refractivity contribution in [1.29, 1.82) is 0 Å². The second-order valence-corrected chi connectivity index (χ2v) is 5.79. The second-order valence-electron chi connectivity index (χ2n) is 5.79. The van der Waals surface area contributed by atoms with Gasteiger partial charge in [-0.25, -0.2) is 0 Å². The Bertz CT molecular complexity index is 561. The number of alkyl halides is 3. The summed E-state index contributed by atoms with van der Waals surface area (Å²) in [5, 5.41) is 14.8. The third-order valence-corrected chi connectivity index (χ3v) is 3.33. The number of nitrogens with zero attached hydrogens (tertiary/aromatic N) is 1. The van der Waals surface area contributed by atoms with Gasteiger partial charge in [0.05, 0.1) is 16.7 Å². The van der Waals surface area contributed by atoms with E-state index in [4.69, 9.17) is 5.21 Å². The monoisotopic (exact) mass is 316 g/mol. The molecule has 0 saturated heterocycles. The van der Waals surface area contributed by atoms with E-state index in [-0.39, 0.29) is 17.3 Å². The molecule has 2 N–H and O–H groups in total. The maximum atomic E-state index is 12.5. The summed E-state index contributed by atoms with van der Waals surface area (Å²) in [5.74, 6) is -0.618. The fourth-order valence-corrected chi connectivity index (χ4v) is 2.11. The number of halogens is 3.